The molecule has 2 amide bonds. The summed E-state index contributed by atoms with van der Waals surface area (Å²) in [5, 5.41) is 6.08. The molecule has 0 atom stereocenters. The van der Waals surface area contributed by atoms with Crippen molar-refractivity contribution in [2.24, 2.45) is 0 Å². The molecule has 0 aliphatic carbocycles. The first-order valence-electron chi connectivity index (χ1n) is 10.5. The van der Waals surface area contributed by atoms with Crippen LogP contribution in [0, 0.1) is 17.5 Å². The molecule has 5 nitrogen and oxygen atoms in total. The molecule has 2 aromatic carbocycles. The molecule has 0 unspecified atom stereocenters. The van der Waals surface area contributed by atoms with Gasteiger partial charge in [-0.15, -0.1) is 0 Å². The molecule has 1 aliphatic rings. The normalized spacial score (nSPS) is 14.5. The number of amides is 2. The van der Waals surface area contributed by atoms with E-state index in [0.29, 0.717) is 12.8 Å². The van der Waals surface area contributed by atoms with Gasteiger partial charge in [0.15, 0.2) is 17.5 Å². The van der Waals surface area contributed by atoms with Crippen LogP contribution in [-0.2, 0) is 13.1 Å². The largest absolute Gasteiger partial charge is 0.491 e. The van der Waals surface area contributed by atoms with Crippen molar-refractivity contribution in [3.8, 4) is 5.75 Å². The number of nitrogens with one attached hydrogen (secondary N) is 2. The molecular formula is C23H28F3N3O2. The second-order valence-corrected chi connectivity index (χ2v) is 7.91. The number of hydrogen-bond acceptors (Lipinski definition) is 3. The average Bonchev–Trinajstić information content (AvgIpc) is 2.76. The van der Waals surface area contributed by atoms with E-state index in [1.165, 1.54) is 11.0 Å². The number of nitrogens with zero attached hydrogens (tertiary/aromatic N) is 1. The summed E-state index contributed by atoms with van der Waals surface area (Å²) >= 11 is 0. The lowest BCUT2D eigenvalue weighted by Crippen LogP contribution is -2.49. The van der Waals surface area contributed by atoms with E-state index >= 15 is 0 Å². The van der Waals surface area contributed by atoms with Crippen LogP contribution >= 0.6 is 0 Å². The van der Waals surface area contributed by atoms with E-state index in [2.05, 4.69) is 10.6 Å². The molecule has 8 heteroatoms. The molecule has 0 spiro atoms. The zero-order valence-electron chi connectivity index (χ0n) is 17.8. The molecule has 0 aromatic heterocycles. The third-order valence-electron chi connectivity index (χ3n) is 5.21. The molecule has 2 aromatic rings. The maximum atomic E-state index is 14.2. The molecule has 0 radical (unpaired) electrons. The molecule has 0 bridgehead atoms. The summed E-state index contributed by atoms with van der Waals surface area (Å²) in [4.78, 5) is 14.5. The van der Waals surface area contributed by atoms with Crippen LogP contribution in [0.1, 0.15) is 37.8 Å². The molecule has 3 rings (SSSR count). The quantitative estimate of drug-likeness (QED) is 0.636. The Balaban J connectivity index is 1.70. The zero-order valence-corrected chi connectivity index (χ0v) is 17.8. The van der Waals surface area contributed by atoms with Crippen LogP contribution in [0.25, 0.3) is 0 Å². The number of benzene rings is 2. The molecule has 31 heavy (non-hydrogen) atoms. The molecule has 1 aliphatic heterocycles. The van der Waals surface area contributed by atoms with E-state index in [1.807, 2.05) is 38.1 Å². The van der Waals surface area contributed by atoms with Gasteiger partial charge in [-0.1, -0.05) is 18.2 Å². The van der Waals surface area contributed by atoms with Crippen molar-refractivity contribution in [3.05, 3.63) is 65.0 Å². The molecule has 0 saturated carbocycles. The molecule has 1 saturated heterocycles. The smallest absolute Gasteiger partial charge is 0.318 e. The lowest BCUT2D eigenvalue weighted by atomic mass is 10.0. The standard InChI is InChI=1S/C23H28F3N3O2/c1-15(2)31-19-6-3-16(4-7-19)13-28-23(30)29(18-9-11-27-12-10-18)14-17-5-8-20(24)22(26)21(17)25/h3-8,15,18,27H,9-14H2,1-2H3,(H,28,30). The van der Waals surface area contributed by atoms with E-state index < -0.39 is 17.5 Å². The Bertz CT molecular complexity index is 884. The average molecular weight is 435 g/mol. The van der Waals surface area contributed by atoms with Gasteiger partial charge in [0.2, 0.25) is 0 Å². The van der Waals surface area contributed by atoms with Crippen LogP contribution in [0.15, 0.2) is 36.4 Å². The number of carbonyl (C=O) groups is 1. The highest BCUT2D eigenvalue weighted by Gasteiger charge is 2.27. The molecule has 2 N–H and O–H groups in total. The summed E-state index contributed by atoms with van der Waals surface area (Å²) in [6, 6.07) is 8.96. The highest BCUT2D eigenvalue weighted by molar-refractivity contribution is 5.74. The Kier molecular flexibility index (Phi) is 7.79. The fourth-order valence-corrected chi connectivity index (χ4v) is 3.59. The van der Waals surface area contributed by atoms with Gasteiger partial charge >= 0.3 is 6.03 Å². The Hall–Kier alpha value is -2.74. The minimum Gasteiger partial charge on any atom is -0.491 e. The highest BCUT2D eigenvalue weighted by Crippen LogP contribution is 2.21. The van der Waals surface area contributed by atoms with E-state index in [1.54, 1.807) is 0 Å². The van der Waals surface area contributed by atoms with Gasteiger partial charge in [-0.2, -0.15) is 0 Å². The minimum atomic E-state index is -1.52. The first kappa shape index (κ1) is 22.9. The SMILES string of the molecule is CC(C)Oc1ccc(CNC(=O)N(Cc2ccc(F)c(F)c2F)C2CCNCC2)cc1. The van der Waals surface area contributed by atoms with Crippen molar-refractivity contribution in [2.75, 3.05) is 13.1 Å². The van der Waals surface area contributed by atoms with Crippen molar-refractivity contribution in [2.45, 2.75) is 51.9 Å². The van der Waals surface area contributed by atoms with Crippen LogP contribution < -0.4 is 15.4 Å². The van der Waals surface area contributed by atoms with Crippen molar-refractivity contribution in [3.63, 3.8) is 0 Å². The lowest BCUT2D eigenvalue weighted by molar-refractivity contribution is 0.152. The van der Waals surface area contributed by atoms with Gasteiger partial charge in [-0.3, -0.25) is 0 Å². The van der Waals surface area contributed by atoms with Crippen LogP contribution in [0.2, 0.25) is 0 Å². The minimum absolute atomic E-state index is 0.0530. The molecular weight excluding hydrogens is 407 g/mol. The Labute approximate surface area is 180 Å². The fraction of sp³-hybridized carbons (Fsp3) is 0.435. The van der Waals surface area contributed by atoms with Gasteiger partial charge in [0.25, 0.3) is 0 Å². The van der Waals surface area contributed by atoms with Crippen LogP contribution in [-0.4, -0.2) is 36.2 Å². The zero-order chi connectivity index (χ0) is 22.4. The second-order valence-electron chi connectivity index (χ2n) is 7.91. The Morgan fingerprint density at radius 3 is 2.42 bits per heavy atom. The van der Waals surface area contributed by atoms with Crippen molar-refractivity contribution < 1.29 is 22.7 Å². The summed E-state index contributed by atoms with van der Waals surface area (Å²) in [6.07, 6.45) is 1.46. The third-order valence-corrected chi connectivity index (χ3v) is 5.21. The summed E-state index contributed by atoms with van der Waals surface area (Å²) < 4.78 is 46.8. The number of carbonyl (C=O) groups excluding carboxylic acids is 1. The Morgan fingerprint density at radius 2 is 1.77 bits per heavy atom. The predicted molar refractivity (Wildman–Crippen MR) is 112 cm³/mol. The number of ether oxygens (including phenoxy) is 1. The van der Waals surface area contributed by atoms with E-state index in [0.717, 1.165) is 30.5 Å². The first-order valence-corrected chi connectivity index (χ1v) is 10.5. The van der Waals surface area contributed by atoms with Gasteiger partial charge in [-0.05, 0) is 63.5 Å². The first-order chi connectivity index (χ1) is 14.8. The number of rotatable bonds is 7. The van der Waals surface area contributed by atoms with Crippen molar-refractivity contribution >= 4 is 6.03 Å². The van der Waals surface area contributed by atoms with Crippen LogP contribution in [0.4, 0.5) is 18.0 Å². The number of halogens is 3. The monoisotopic (exact) mass is 435 g/mol. The maximum absolute atomic E-state index is 14.2. The van der Waals surface area contributed by atoms with Gasteiger partial charge in [0, 0.05) is 18.2 Å². The fourth-order valence-electron chi connectivity index (χ4n) is 3.59. The van der Waals surface area contributed by atoms with Gasteiger partial charge in [0.05, 0.1) is 12.6 Å². The van der Waals surface area contributed by atoms with Gasteiger partial charge in [-0.25, -0.2) is 18.0 Å². The summed E-state index contributed by atoms with van der Waals surface area (Å²) in [7, 11) is 0. The summed E-state index contributed by atoms with van der Waals surface area (Å²) in [5.41, 5.74) is 0.830. The predicted octanol–water partition coefficient (Wildman–Crippen LogP) is 4.35. The highest BCUT2D eigenvalue weighted by atomic mass is 19.2. The summed E-state index contributed by atoms with van der Waals surface area (Å²) in [5.74, 6) is -3.28. The molecule has 168 valence electrons. The van der Waals surface area contributed by atoms with Crippen molar-refractivity contribution in [1.82, 2.24) is 15.5 Å². The van der Waals surface area contributed by atoms with Gasteiger partial charge in [0.1, 0.15) is 5.75 Å². The molecule has 1 heterocycles. The van der Waals surface area contributed by atoms with E-state index in [4.69, 9.17) is 4.74 Å². The lowest BCUT2D eigenvalue weighted by Gasteiger charge is -2.35. The summed E-state index contributed by atoms with van der Waals surface area (Å²) in [6.45, 7) is 5.49. The Morgan fingerprint density at radius 1 is 1.10 bits per heavy atom. The van der Waals surface area contributed by atoms with Crippen LogP contribution in [0.5, 0.6) is 5.75 Å². The van der Waals surface area contributed by atoms with E-state index in [-0.39, 0.29) is 36.8 Å². The van der Waals surface area contributed by atoms with Crippen LogP contribution in [0.3, 0.4) is 0 Å². The number of piperidine rings is 1. The van der Waals surface area contributed by atoms with Gasteiger partial charge < -0.3 is 20.3 Å². The third kappa shape index (κ3) is 6.13. The number of urea groups is 1. The second kappa shape index (κ2) is 10.5. The van der Waals surface area contributed by atoms with Crippen molar-refractivity contribution in [1.29, 1.82) is 0 Å². The molecule has 1 fully saturated rings. The topological polar surface area (TPSA) is 53.6 Å². The maximum Gasteiger partial charge on any atom is 0.318 e. The van der Waals surface area contributed by atoms with E-state index in [9.17, 15) is 18.0 Å². The number of hydrogen-bond donors (Lipinski definition) is 2.